The van der Waals surface area contributed by atoms with Crippen molar-refractivity contribution in [1.29, 1.82) is 0 Å². The van der Waals surface area contributed by atoms with Crippen LogP contribution >= 0.6 is 0 Å². The Bertz CT molecular complexity index is 1450. The van der Waals surface area contributed by atoms with Gasteiger partial charge in [-0.05, 0) is 42.0 Å². The van der Waals surface area contributed by atoms with Crippen molar-refractivity contribution in [3.8, 4) is 11.5 Å². The summed E-state index contributed by atoms with van der Waals surface area (Å²) in [5.74, 6) is 0.839. The zero-order valence-corrected chi connectivity index (χ0v) is 20.2. The standard InChI is InChI=1S/C27H21F6N3O3/c28-26(29,30)18-10-16(11-19(12-18)27(31,32)33)13-36(14-17-4-3-7-22-25(17)39-15-38-22)24(37)9-8-23-34-20-5-1-2-6-21(20)35-23/h1-7,10-12H,8-9,13-15H2,(H,34,35). The van der Waals surface area contributed by atoms with E-state index in [0.717, 1.165) is 5.52 Å². The number of aromatic amines is 1. The molecule has 3 aromatic carbocycles. The van der Waals surface area contributed by atoms with E-state index in [-0.39, 0.29) is 37.8 Å². The third kappa shape index (κ3) is 5.94. The third-order valence-corrected chi connectivity index (χ3v) is 6.23. The maximum atomic E-state index is 13.4. The lowest BCUT2D eigenvalue weighted by molar-refractivity contribution is -0.143. The Morgan fingerprint density at radius 2 is 1.62 bits per heavy atom. The Morgan fingerprint density at radius 1 is 0.897 bits per heavy atom. The van der Waals surface area contributed by atoms with E-state index in [1.165, 1.54) is 4.90 Å². The van der Waals surface area contributed by atoms with Crippen LogP contribution in [0.4, 0.5) is 26.3 Å². The van der Waals surface area contributed by atoms with Gasteiger partial charge in [-0.3, -0.25) is 4.79 Å². The second-order valence-corrected chi connectivity index (χ2v) is 9.02. The number of nitrogens with one attached hydrogen (secondary N) is 1. The van der Waals surface area contributed by atoms with E-state index in [2.05, 4.69) is 9.97 Å². The zero-order chi connectivity index (χ0) is 27.8. The predicted octanol–water partition coefficient (Wildman–Crippen LogP) is 6.49. The van der Waals surface area contributed by atoms with Crippen molar-refractivity contribution in [3.63, 3.8) is 0 Å². The fourth-order valence-electron chi connectivity index (χ4n) is 4.39. The summed E-state index contributed by atoms with van der Waals surface area (Å²) in [6, 6.07) is 13.5. The number of hydrogen-bond acceptors (Lipinski definition) is 4. The van der Waals surface area contributed by atoms with Gasteiger partial charge < -0.3 is 19.4 Å². The first-order chi connectivity index (χ1) is 18.5. The number of halogens is 6. The number of imidazole rings is 1. The van der Waals surface area contributed by atoms with Crippen LogP contribution in [0.25, 0.3) is 11.0 Å². The Morgan fingerprint density at radius 3 is 2.31 bits per heavy atom. The Labute approximate surface area is 218 Å². The van der Waals surface area contributed by atoms with Gasteiger partial charge >= 0.3 is 12.4 Å². The summed E-state index contributed by atoms with van der Waals surface area (Å²) >= 11 is 0. The number of hydrogen-bond donors (Lipinski definition) is 1. The van der Waals surface area contributed by atoms with E-state index in [4.69, 9.17) is 9.47 Å². The highest BCUT2D eigenvalue weighted by atomic mass is 19.4. The van der Waals surface area contributed by atoms with Gasteiger partial charge in [0.2, 0.25) is 12.7 Å². The number of alkyl halides is 6. The summed E-state index contributed by atoms with van der Waals surface area (Å²) in [6.45, 7) is -0.658. The minimum absolute atomic E-state index is 0.0467. The molecule has 0 saturated heterocycles. The molecule has 0 radical (unpaired) electrons. The number of H-pyrrole nitrogens is 1. The van der Waals surface area contributed by atoms with Crippen molar-refractivity contribution in [2.24, 2.45) is 0 Å². The molecule has 4 aromatic rings. The number of para-hydroxylation sites is 3. The Balaban J connectivity index is 1.44. The molecule has 5 rings (SSSR count). The van der Waals surface area contributed by atoms with Crippen molar-refractivity contribution in [3.05, 3.63) is 88.7 Å². The molecule has 12 heteroatoms. The lowest BCUT2D eigenvalue weighted by atomic mass is 10.0. The van der Waals surface area contributed by atoms with E-state index in [1.54, 1.807) is 24.3 Å². The number of aromatic nitrogens is 2. The summed E-state index contributed by atoms with van der Waals surface area (Å²) in [5.41, 5.74) is -1.21. The molecule has 1 aliphatic rings. The molecule has 0 aliphatic carbocycles. The van der Waals surface area contributed by atoms with Gasteiger partial charge in [0.05, 0.1) is 22.2 Å². The van der Waals surface area contributed by atoms with E-state index in [0.29, 0.717) is 40.5 Å². The van der Waals surface area contributed by atoms with Crippen LogP contribution in [0.15, 0.2) is 60.7 Å². The molecule has 204 valence electrons. The van der Waals surface area contributed by atoms with Crippen molar-refractivity contribution < 1.29 is 40.6 Å². The number of aryl methyl sites for hydroxylation is 1. The highest BCUT2D eigenvalue weighted by Gasteiger charge is 2.37. The summed E-state index contributed by atoms with van der Waals surface area (Å²) < 4.78 is 91.4. The van der Waals surface area contributed by atoms with E-state index < -0.39 is 35.9 Å². The van der Waals surface area contributed by atoms with E-state index in [1.807, 2.05) is 18.2 Å². The number of fused-ring (bicyclic) bond motifs is 2. The largest absolute Gasteiger partial charge is 0.454 e. The summed E-state index contributed by atoms with van der Waals surface area (Å²) in [6.07, 6.45) is -9.90. The van der Waals surface area contributed by atoms with Crippen LogP contribution in [-0.2, 0) is 36.7 Å². The van der Waals surface area contributed by atoms with E-state index in [9.17, 15) is 31.1 Å². The third-order valence-electron chi connectivity index (χ3n) is 6.23. The van der Waals surface area contributed by atoms with Crippen LogP contribution in [0.3, 0.4) is 0 Å². The summed E-state index contributed by atoms with van der Waals surface area (Å²) in [7, 11) is 0. The monoisotopic (exact) mass is 549 g/mol. The number of rotatable bonds is 7. The second kappa shape index (κ2) is 10.2. The molecule has 0 bridgehead atoms. The summed E-state index contributed by atoms with van der Waals surface area (Å²) in [5, 5.41) is 0. The van der Waals surface area contributed by atoms with Gasteiger partial charge in [-0.2, -0.15) is 26.3 Å². The average molecular weight is 549 g/mol. The first kappa shape index (κ1) is 26.4. The minimum atomic E-state index is -5.00. The normalized spacial score (nSPS) is 13.2. The van der Waals surface area contributed by atoms with Crippen molar-refractivity contribution in [2.45, 2.75) is 38.3 Å². The molecular weight excluding hydrogens is 528 g/mol. The topological polar surface area (TPSA) is 67.5 Å². The first-order valence-corrected chi connectivity index (χ1v) is 11.8. The molecule has 39 heavy (non-hydrogen) atoms. The van der Waals surface area contributed by atoms with Crippen molar-refractivity contribution in [1.82, 2.24) is 14.9 Å². The molecule has 0 fully saturated rings. The fourth-order valence-corrected chi connectivity index (χ4v) is 4.39. The molecule has 0 unspecified atom stereocenters. The Hall–Kier alpha value is -4.22. The van der Waals surface area contributed by atoms with Crippen molar-refractivity contribution in [2.75, 3.05) is 6.79 Å². The first-order valence-electron chi connectivity index (χ1n) is 11.8. The van der Waals surface area contributed by atoms with Gasteiger partial charge in [-0.15, -0.1) is 0 Å². The number of nitrogens with zero attached hydrogens (tertiary/aromatic N) is 2. The maximum absolute atomic E-state index is 13.4. The number of carbonyl (C=O) groups is 1. The van der Waals surface area contributed by atoms with Crippen molar-refractivity contribution >= 4 is 16.9 Å². The predicted molar refractivity (Wildman–Crippen MR) is 128 cm³/mol. The van der Waals surface area contributed by atoms with Crippen LogP contribution in [-0.4, -0.2) is 27.6 Å². The van der Waals surface area contributed by atoms with Crippen LogP contribution in [0.5, 0.6) is 11.5 Å². The zero-order valence-electron chi connectivity index (χ0n) is 20.2. The van der Waals surface area contributed by atoms with Gasteiger partial charge in [0.1, 0.15) is 5.82 Å². The molecule has 1 aromatic heterocycles. The molecule has 1 N–H and O–H groups in total. The number of amides is 1. The molecule has 1 aliphatic heterocycles. The SMILES string of the molecule is O=C(CCc1nc2ccccc2[nH]1)N(Cc1cc(C(F)(F)F)cc(C(F)(F)F)c1)Cc1cccc2c1OCO2. The van der Waals surface area contributed by atoms with Gasteiger partial charge in [0.25, 0.3) is 0 Å². The summed E-state index contributed by atoms with van der Waals surface area (Å²) in [4.78, 5) is 22.1. The van der Waals surface area contributed by atoms with Crippen LogP contribution in [0, 0.1) is 0 Å². The number of carbonyl (C=O) groups excluding carboxylic acids is 1. The maximum Gasteiger partial charge on any atom is 0.416 e. The molecule has 6 nitrogen and oxygen atoms in total. The Kier molecular flexibility index (Phi) is 6.87. The van der Waals surface area contributed by atoms with Gasteiger partial charge in [0, 0.05) is 31.5 Å². The van der Waals surface area contributed by atoms with Gasteiger partial charge in [-0.25, -0.2) is 4.98 Å². The highest BCUT2D eigenvalue weighted by molar-refractivity contribution is 5.77. The number of ether oxygens (including phenoxy) is 2. The number of benzene rings is 3. The average Bonchev–Trinajstić information content (AvgIpc) is 3.53. The van der Waals surface area contributed by atoms with E-state index >= 15 is 0 Å². The van der Waals surface area contributed by atoms with Gasteiger partial charge in [0.15, 0.2) is 11.5 Å². The lowest BCUT2D eigenvalue weighted by Gasteiger charge is -2.25. The smallest absolute Gasteiger partial charge is 0.416 e. The van der Waals surface area contributed by atoms with Gasteiger partial charge in [-0.1, -0.05) is 24.3 Å². The molecule has 0 saturated carbocycles. The second-order valence-electron chi connectivity index (χ2n) is 9.02. The molecule has 2 heterocycles. The fraction of sp³-hybridized carbons (Fsp3) is 0.259. The quantitative estimate of drug-likeness (QED) is 0.268. The molecule has 0 atom stereocenters. The lowest BCUT2D eigenvalue weighted by Crippen LogP contribution is -2.31. The molecular formula is C27H21F6N3O3. The molecule has 1 amide bonds. The highest BCUT2D eigenvalue weighted by Crippen LogP contribution is 2.38. The molecule has 0 spiro atoms. The van der Waals surface area contributed by atoms with Crippen LogP contribution < -0.4 is 9.47 Å². The van der Waals surface area contributed by atoms with Crippen LogP contribution in [0.1, 0.15) is 34.5 Å². The minimum Gasteiger partial charge on any atom is -0.454 e. The van der Waals surface area contributed by atoms with Crippen LogP contribution in [0.2, 0.25) is 0 Å².